The Balaban J connectivity index is 2.25. The fourth-order valence-electron chi connectivity index (χ4n) is 1.44. The van der Waals surface area contributed by atoms with E-state index in [-0.39, 0.29) is 17.0 Å². The third-order valence-electron chi connectivity index (χ3n) is 2.38. The Labute approximate surface area is 122 Å². The van der Waals surface area contributed by atoms with E-state index < -0.39 is 11.7 Å². The molecule has 6 heteroatoms. The Morgan fingerprint density at radius 2 is 2.00 bits per heavy atom. The molecule has 0 aliphatic rings. The van der Waals surface area contributed by atoms with Gasteiger partial charge in [0.15, 0.2) is 0 Å². The zero-order valence-corrected chi connectivity index (χ0v) is 11.8. The molecule has 2 N–H and O–H groups in total. The van der Waals surface area contributed by atoms with Gasteiger partial charge >= 0.3 is 0 Å². The highest BCUT2D eigenvalue weighted by Gasteiger charge is 2.11. The molecule has 2 aromatic carbocycles. The Morgan fingerprint density at radius 3 is 2.68 bits per heavy atom. The number of hydrogen-bond acceptors (Lipinski definition) is 2. The van der Waals surface area contributed by atoms with E-state index in [0.717, 1.165) is 6.07 Å². The quantitative estimate of drug-likeness (QED) is 0.858. The number of nitrogens with one attached hydrogen (secondary N) is 1. The molecule has 2 aromatic rings. The molecule has 0 heterocycles. The van der Waals surface area contributed by atoms with Crippen LogP contribution in [0.4, 0.5) is 10.1 Å². The monoisotopic (exact) mass is 343 g/mol. The highest BCUT2D eigenvalue weighted by atomic mass is 79.9. The molecule has 0 fully saturated rings. The van der Waals surface area contributed by atoms with Crippen LogP contribution in [0.15, 0.2) is 40.9 Å². The van der Waals surface area contributed by atoms with Crippen molar-refractivity contribution in [3.05, 3.63) is 57.3 Å². The van der Waals surface area contributed by atoms with E-state index >= 15 is 0 Å². The summed E-state index contributed by atoms with van der Waals surface area (Å²) >= 11 is 8.84. The summed E-state index contributed by atoms with van der Waals surface area (Å²) in [4.78, 5) is 11.9. The first-order valence-corrected chi connectivity index (χ1v) is 6.39. The third-order valence-corrected chi connectivity index (χ3v) is 3.29. The van der Waals surface area contributed by atoms with Crippen LogP contribution in [0.1, 0.15) is 10.4 Å². The molecule has 0 saturated heterocycles. The van der Waals surface area contributed by atoms with Crippen LogP contribution in [-0.2, 0) is 0 Å². The number of benzene rings is 2. The number of halogens is 3. The lowest BCUT2D eigenvalue weighted by Crippen LogP contribution is -2.12. The molecule has 2 rings (SSSR count). The van der Waals surface area contributed by atoms with Gasteiger partial charge in [0.1, 0.15) is 11.6 Å². The number of rotatable bonds is 2. The van der Waals surface area contributed by atoms with Crippen LogP contribution in [0, 0.1) is 5.82 Å². The number of carbonyl (C=O) groups excluding carboxylic acids is 1. The number of phenols is 1. The van der Waals surface area contributed by atoms with Gasteiger partial charge in [0.25, 0.3) is 5.91 Å². The summed E-state index contributed by atoms with van der Waals surface area (Å²) in [7, 11) is 0. The normalized spacial score (nSPS) is 10.3. The summed E-state index contributed by atoms with van der Waals surface area (Å²) in [5.74, 6) is -1.19. The van der Waals surface area contributed by atoms with Gasteiger partial charge < -0.3 is 10.4 Å². The van der Waals surface area contributed by atoms with Gasteiger partial charge in [-0.05, 0) is 52.3 Å². The minimum atomic E-state index is -0.584. The SMILES string of the molecule is O=C(Nc1cc(Cl)ccc1F)c1ccc(Br)c(O)c1. The molecule has 0 bridgehead atoms. The van der Waals surface area contributed by atoms with E-state index in [9.17, 15) is 14.3 Å². The number of anilines is 1. The van der Waals surface area contributed by atoms with Crippen molar-refractivity contribution in [2.24, 2.45) is 0 Å². The molecule has 19 heavy (non-hydrogen) atoms. The van der Waals surface area contributed by atoms with Crippen molar-refractivity contribution in [1.29, 1.82) is 0 Å². The van der Waals surface area contributed by atoms with E-state index in [1.807, 2.05) is 0 Å². The zero-order valence-electron chi connectivity index (χ0n) is 9.45. The first kappa shape index (κ1) is 13.8. The third kappa shape index (κ3) is 3.24. The van der Waals surface area contributed by atoms with E-state index in [1.54, 1.807) is 0 Å². The largest absolute Gasteiger partial charge is 0.507 e. The molecule has 3 nitrogen and oxygen atoms in total. The summed E-state index contributed by atoms with van der Waals surface area (Å²) < 4.78 is 13.9. The number of amides is 1. The second kappa shape index (κ2) is 5.59. The average Bonchev–Trinajstić information content (AvgIpc) is 2.37. The number of carbonyl (C=O) groups is 1. The lowest BCUT2D eigenvalue weighted by Gasteiger charge is -2.07. The second-order valence-corrected chi connectivity index (χ2v) is 5.04. The van der Waals surface area contributed by atoms with Crippen molar-refractivity contribution < 1.29 is 14.3 Å². The maximum atomic E-state index is 13.5. The van der Waals surface area contributed by atoms with Crippen LogP contribution in [0.2, 0.25) is 5.02 Å². The zero-order chi connectivity index (χ0) is 14.0. The standard InChI is InChI=1S/C13H8BrClFNO2/c14-9-3-1-7(5-12(9)18)13(19)17-11-6-8(15)2-4-10(11)16/h1-6,18H,(H,17,19). The number of hydrogen-bond donors (Lipinski definition) is 2. The predicted molar refractivity (Wildman–Crippen MR) is 75.2 cm³/mol. The highest BCUT2D eigenvalue weighted by molar-refractivity contribution is 9.10. The van der Waals surface area contributed by atoms with Gasteiger partial charge in [0.2, 0.25) is 0 Å². The lowest BCUT2D eigenvalue weighted by atomic mass is 10.2. The van der Waals surface area contributed by atoms with Crippen LogP contribution < -0.4 is 5.32 Å². The van der Waals surface area contributed by atoms with Gasteiger partial charge in [0, 0.05) is 10.6 Å². The summed E-state index contributed by atoms with van der Waals surface area (Å²) in [6.07, 6.45) is 0. The van der Waals surface area contributed by atoms with Crippen LogP contribution in [0.25, 0.3) is 0 Å². The van der Waals surface area contributed by atoms with E-state index in [0.29, 0.717) is 9.50 Å². The molecule has 0 aliphatic heterocycles. The molecule has 0 saturated carbocycles. The molecule has 1 amide bonds. The Kier molecular flexibility index (Phi) is 4.07. The summed E-state index contributed by atoms with van der Waals surface area (Å²) in [5.41, 5.74) is 0.194. The van der Waals surface area contributed by atoms with Crippen LogP contribution in [-0.4, -0.2) is 11.0 Å². The van der Waals surface area contributed by atoms with Gasteiger partial charge in [-0.2, -0.15) is 0 Å². The van der Waals surface area contributed by atoms with Crippen molar-refractivity contribution >= 4 is 39.1 Å². The van der Waals surface area contributed by atoms with E-state index in [2.05, 4.69) is 21.2 Å². The summed E-state index contributed by atoms with van der Waals surface area (Å²) in [6, 6.07) is 8.17. The molecule has 0 aliphatic carbocycles. The van der Waals surface area contributed by atoms with Gasteiger partial charge in [-0.1, -0.05) is 11.6 Å². The Hall–Kier alpha value is -1.59. The van der Waals surface area contributed by atoms with Crippen molar-refractivity contribution in [2.75, 3.05) is 5.32 Å². The summed E-state index contributed by atoms with van der Waals surface area (Å²) in [5, 5.41) is 12.2. The van der Waals surface area contributed by atoms with Gasteiger partial charge in [-0.3, -0.25) is 4.79 Å². The minimum absolute atomic E-state index is 0.0140. The van der Waals surface area contributed by atoms with Gasteiger partial charge in [-0.15, -0.1) is 0 Å². The molecule has 0 spiro atoms. The topological polar surface area (TPSA) is 49.3 Å². The first-order valence-electron chi connectivity index (χ1n) is 5.22. The highest BCUT2D eigenvalue weighted by Crippen LogP contribution is 2.25. The average molecular weight is 345 g/mol. The van der Waals surface area contributed by atoms with Crippen LogP contribution >= 0.6 is 27.5 Å². The molecule has 0 atom stereocenters. The van der Waals surface area contributed by atoms with Crippen molar-refractivity contribution in [2.45, 2.75) is 0 Å². The van der Waals surface area contributed by atoms with Gasteiger partial charge in [-0.25, -0.2) is 4.39 Å². The number of aromatic hydroxyl groups is 1. The second-order valence-electron chi connectivity index (χ2n) is 3.74. The fourth-order valence-corrected chi connectivity index (χ4v) is 1.86. The fraction of sp³-hybridized carbons (Fsp3) is 0. The number of phenolic OH excluding ortho intramolecular Hbond substituents is 1. The maximum absolute atomic E-state index is 13.5. The Morgan fingerprint density at radius 1 is 1.26 bits per heavy atom. The van der Waals surface area contributed by atoms with E-state index in [1.165, 1.54) is 30.3 Å². The molecule has 0 radical (unpaired) electrons. The van der Waals surface area contributed by atoms with Crippen molar-refractivity contribution in [3.8, 4) is 5.75 Å². The smallest absolute Gasteiger partial charge is 0.255 e. The minimum Gasteiger partial charge on any atom is -0.507 e. The maximum Gasteiger partial charge on any atom is 0.255 e. The van der Waals surface area contributed by atoms with E-state index in [4.69, 9.17) is 11.6 Å². The first-order chi connectivity index (χ1) is 8.97. The van der Waals surface area contributed by atoms with Crippen LogP contribution in [0.3, 0.4) is 0 Å². The molecule has 0 aromatic heterocycles. The summed E-state index contributed by atoms with van der Waals surface area (Å²) in [6.45, 7) is 0. The predicted octanol–water partition coefficient (Wildman–Crippen LogP) is 4.20. The Bertz CT molecular complexity index is 649. The van der Waals surface area contributed by atoms with Crippen molar-refractivity contribution in [3.63, 3.8) is 0 Å². The van der Waals surface area contributed by atoms with Gasteiger partial charge in [0.05, 0.1) is 10.2 Å². The van der Waals surface area contributed by atoms with Crippen LogP contribution in [0.5, 0.6) is 5.75 Å². The van der Waals surface area contributed by atoms with Crippen molar-refractivity contribution in [1.82, 2.24) is 0 Å². The lowest BCUT2D eigenvalue weighted by molar-refractivity contribution is 0.102. The molecule has 0 unspecified atom stereocenters. The molecule has 98 valence electrons. The molecular weight excluding hydrogens is 337 g/mol. The molecular formula is C13H8BrClFNO2.